The SMILES string of the molecule is CCCC/C=C\C/C=C\CCCCCCCC(=O)OC(COC(=O)CCCCCCC/C=C\CCCC)COC(=O)CCCCCCCCCCC/C=C\CCCCCCCCCC. The molecule has 1 unspecified atom stereocenters. The number of carbonyl (C=O) groups is 3. The first-order valence-corrected chi connectivity index (χ1v) is 27.6. The van der Waals surface area contributed by atoms with Gasteiger partial charge < -0.3 is 14.2 Å². The predicted molar refractivity (Wildman–Crippen MR) is 275 cm³/mol. The number of ether oxygens (including phenoxy) is 3. The van der Waals surface area contributed by atoms with E-state index in [1.54, 1.807) is 0 Å². The Balaban J connectivity index is 4.30. The van der Waals surface area contributed by atoms with Crippen molar-refractivity contribution in [1.82, 2.24) is 0 Å². The molecule has 372 valence electrons. The summed E-state index contributed by atoms with van der Waals surface area (Å²) in [6, 6.07) is 0. The van der Waals surface area contributed by atoms with Crippen LogP contribution in [0.5, 0.6) is 0 Å². The second-order valence-electron chi connectivity index (χ2n) is 18.5. The highest BCUT2D eigenvalue weighted by molar-refractivity contribution is 5.71. The third kappa shape index (κ3) is 50.4. The Labute approximate surface area is 397 Å². The van der Waals surface area contributed by atoms with E-state index in [4.69, 9.17) is 14.2 Å². The lowest BCUT2D eigenvalue weighted by Crippen LogP contribution is -2.30. The summed E-state index contributed by atoms with van der Waals surface area (Å²) in [5.74, 6) is -0.899. The molecule has 0 aromatic rings. The smallest absolute Gasteiger partial charge is 0.306 e. The van der Waals surface area contributed by atoms with Gasteiger partial charge in [-0.25, -0.2) is 0 Å². The second-order valence-corrected chi connectivity index (χ2v) is 18.5. The molecule has 0 aromatic heterocycles. The van der Waals surface area contributed by atoms with Gasteiger partial charge in [-0.2, -0.15) is 0 Å². The summed E-state index contributed by atoms with van der Waals surface area (Å²) >= 11 is 0. The van der Waals surface area contributed by atoms with Gasteiger partial charge in [-0.15, -0.1) is 0 Å². The van der Waals surface area contributed by atoms with Crippen LogP contribution in [0.3, 0.4) is 0 Å². The molecular weight excluding hydrogens is 793 g/mol. The molecule has 0 saturated carbocycles. The molecule has 0 aromatic carbocycles. The van der Waals surface area contributed by atoms with Crippen LogP contribution < -0.4 is 0 Å². The summed E-state index contributed by atoms with van der Waals surface area (Å²) in [6.45, 7) is 6.56. The van der Waals surface area contributed by atoms with Gasteiger partial charge in [0.15, 0.2) is 6.10 Å². The van der Waals surface area contributed by atoms with Crippen LogP contribution in [0.2, 0.25) is 0 Å². The lowest BCUT2D eigenvalue weighted by molar-refractivity contribution is -0.167. The Hall–Kier alpha value is -2.63. The maximum atomic E-state index is 12.8. The fourth-order valence-electron chi connectivity index (χ4n) is 7.79. The molecule has 0 aliphatic carbocycles. The summed E-state index contributed by atoms with van der Waals surface area (Å²) in [5.41, 5.74) is 0. The monoisotopic (exact) mass is 897 g/mol. The van der Waals surface area contributed by atoms with Crippen molar-refractivity contribution in [2.24, 2.45) is 0 Å². The Morgan fingerprint density at radius 1 is 0.312 bits per heavy atom. The third-order valence-electron chi connectivity index (χ3n) is 12.0. The standard InChI is InChI=1S/C58H104O6/c1-4-7-10-13-16-19-22-24-26-27-28-29-30-31-32-34-36-39-42-45-48-51-57(60)63-54-55(53-62-56(59)50-47-44-41-38-35-21-18-15-12-9-6-3)64-58(61)52-49-46-43-40-37-33-25-23-20-17-14-11-8-5-2/h14-15,17-18,23,25,27-28,55H,4-13,16,19-22,24,26,29-54H2,1-3H3/b17-14-,18-15-,25-23-,28-27-. The predicted octanol–water partition coefficient (Wildman–Crippen LogP) is 18.3. The molecule has 64 heavy (non-hydrogen) atoms. The molecule has 0 N–H and O–H groups in total. The molecule has 1 atom stereocenters. The van der Waals surface area contributed by atoms with E-state index in [0.29, 0.717) is 19.3 Å². The summed E-state index contributed by atoms with van der Waals surface area (Å²) in [5, 5.41) is 0. The Kier molecular flexibility index (Phi) is 50.8. The number of rotatable bonds is 50. The third-order valence-corrected chi connectivity index (χ3v) is 12.0. The van der Waals surface area contributed by atoms with Crippen molar-refractivity contribution in [2.75, 3.05) is 13.2 Å². The molecule has 0 saturated heterocycles. The topological polar surface area (TPSA) is 78.9 Å². The zero-order valence-corrected chi connectivity index (χ0v) is 42.6. The quantitative estimate of drug-likeness (QED) is 0.0262. The number of carbonyl (C=O) groups excluding carboxylic acids is 3. The molecule has 0 aliphatic rings. The molecule has 0 amide bonds. The van der Waals surface area contributed by atoms with Crippen molar-refractivity contribution in [1.29, 1.82) is 0 Å². The van der Waals surface area contributed by atoms with Crippen molar-refractivity contribution in [3.8, 4) is 0 Å². The van der Waals surface area contributed by atoms with Crippen LogP contribution in [-0.2, 0) is 28.6 Å². The van der Waals surface area contributed by atoms with Crippen LogP contribution in [0.25, 0.3) is 0 Å². The molecule has 6 heteroatoms. The van der Waals surface area contributed by atoms with Crippen LogP contribution in [0.15, 0.2) is 48.6 Å². The normalized spacial score (nSPS) is 12.4. The maximum Gasteiger partial charge on any atom is 0.306 e. The molecule has 0 fully saturated rings. The Morgan fingerprint density at radius 3 is 0.922 bits per heavy atom. The fraction of sp³-hybridized carbons (Fsp3) is 0.810. The largest absolute Gasteiger partial charge is 0.462 e. The first kappa shape index (κ1) is 61.4. The van der Waals surface area contributed by atoms with Gasteiger partial charge >= 0.3 is 17.9 Å². The highest BCUT2D eigenvalue weighted by atomic mass is 16.6. The van der Waals surface area contributed by atoms with Gasteiger partial charge in [0.1, 0.15) is 13.2 Å². The lowest BCUT2D eigenvalue weighted by Gasteiger charge is -2.18. The van der Waals surface area contributed by atoms with Gasteiger partial charge in [-0.3, -0.25) is 14.4 Å². The number of unbranched alkanes of at least 4 members (excludes halogenated alkanes) is 31. The van der Waals surface area contributed by atoms with E-state index >= 15 is 0 Å². The van der Waals surface area contributed by atoms with Gasteiger partial charge in [0.25, 0.3) is 0 Å². The number of allylic oxidation sites excluding steroid dienone is 8. The number of hydrogen-bond donors (Lipinski definition) is 0. The van der Waals surface area contributed by atoms with E-state index in [2.05, 4.69) is 69.4 Å². The zero-order valence-electron chi connectivity index (χ0n) is 42.6. The van der Waals surface area contributed by atoms with Crippen LogP contribution in [-0.4, -0.2) is 37.2 Å². The Bertz CT molecular complexity index is 1120. The van der Waals surface area contributed by atoms with Crippen LogP contribution in [0.4, 0.5) is 0 Å². The summed E-state index contributed by atoms with van der Waals surface area (Å²) in [7, 11) is 0. The van der Waals surface area contributed by atoms with Crippen molar-refractivity contribution in [3.05, 3.63) is 48.6 Å². The molecule has 0 spiro atoms. The summed E-state index contributed by atoms with van der Waals surface area (Å²) < 4.78 is 16.8. The van der Waals surface area contributed by atoms with E-state index < -0.39 is 6.10 Å². The van der Waals surface area contributed by atoms with Crippen molar-refractivity contribution in [2.45, 2.75) is 290 Å². The van der Waals surface area contributed by atoms with Gasteiger partial charge in [0.2, 0.25) is 0 Å². The van der Waals surface area contributed by atoms with Gasteiger partial charge in [-0.1, -0.05) is 223 Å². The van der Waals surface area contributed by atoms with E-state index in [-0.39, 0.29) is 31.1 Å². The lowest BCUT2D eigenvalue weighted by atomic mass is 10.1. The minimum atomic E-state index is -0.783. The highest BCUT2D eigenvalue weighted by Crippen LogP contribution is 2.15. The van der Waals surface area contributed by atoms with Crippen LogP contribution in [0.1, 0.15) is 284 Å². The zero-order chi connectivity index (χ0) is 46.5. The molecule has 6 nitrogen and oxygen atoms in total. The van der Waals surface area contributed by atoms with Crippen LogP contribution >= 0.6 is 0 Å². The number of esters is 3. The first-order chi connectivity index (χ1) is 31.5. The molecular formula is C58H104O6. The first-order valence-electron chi connectivity index (χ1n) is 27.6. The molecule has 0 radical (unpaired) electrons. The van der Waals surface area contributed by atoms with Gasteiger partial charge in [-0.05, 0) is 89.9 Å². The maximum absolute atomic E-state index is 12.8. The average molecular weight is 897 g/mol. The van der Waals surface area contributed by atoms with Gasteiger partial charge in [0.05, 0.1) is 0 Å². The van der Waals surface area contributed by atoms with E-state index in [0.717, 1.165) is 89.9 Å². The van der Waals surface area contributed by atoms with E-state index in [9.17, 15) is 14.4 Å². The molecule has 0 bridgehead atoms. The van der Waals surface area contributed by atoms with Crippen LogP contribution in [0, 0.1) is 0 Å². The molecule has 0 heterocycles. The van der Waals surface area contributed by atoms with Gasteiger partial charge in [0, 0.05) is 19.3 Å². The van der Waals surface area contributed by atoms with E-state index in [1.165, 1.54) is 154 Å². The van der Waals surface area contributed by atoms with E-state index in [1.807, 2.05) is 0 Å². The van der Waals surface area contributed by atoms with Crippen molar-refractivity contribution >= 4 is 17.9 Å². The average Bonchev–Trinajstić information content (AvgIpc) is 3.29. The highest BCUT2D eigenvalue weighted by Gasteiger charge is 2.19. The minimum Gasteiger partial charge on any atom is -0.462 e. The number of hydrogen-bond acceptors (Lipinski definition) is 6. The molecule has 0 aliphatic heterocycles. The summed E-state index contributed by atoms with van der Waals surface area (Å²) in [6.07, 6.45) is 63.9. The van der Waals surface area contributed by atoms with Crippen molar-refractivity contribution < 1.29 is 28.6 Å². The minimum absolute atomic E-state index is 0.0815. The summed E-state index contributed by atoms with van der Waals surface area (Å²) in [4.78, 5) is 38.0. The second kappa shape index (κ2) is 53.0. The van der Waals surface area contributed by atoms with Crippen molar-refractivity contribution in [3.63, 3.8) is 0 Å². The fourth-order valence-corrected chi connectivity index (χ4v) is 7.79. The molecule has 0 rings (SSSR count). The Morgan fingerprint density at radius 2 is 0.578 bits per heavy atom.